The second-order valence-corrected chi connectivity index (χ2v) is 7.56. The summed E-state index contributed by atoms with van der Waals surface area (Å²) in [4.78, 5) is 49.3. The van der Waals surface area contributed by atoms with Crippen LogP contribution in [0.5, 0.6) is 11.5 Å². The Morgan fingerprint density at radius 3 is 2.45 bits per heavy atom. The summed E-state index contributed by atoms with van der Waals surface area (Å²) < 4.78 is 15.0. The first-order valence-electron chi connectivity index (χ1n) is 10.2. The number of imide groups is 1. The number of hydrogen-bond acceptors (Lipinski definition) is 7. The van der Waals surface area contributed by atoms with Crippen molar-refractivity contribution in [3.8, 4) is 11.5 Å². The molecule has 1 atom stereocenters. The average Bonchev–Trinajstić information content (AvgIpc) is 3.04. The van der Waals surface area contributed by atoms with Crippen molar-refractivity contribution in [3.63, 3.8) is 0 Å². The van der Waals surface area contributed by atoms with E-state index >= 15 is 0 Å². The van der Waals surface area contributed by atoms with Gasteiger partial charge in [-0.15, -0.1) is 0 Å². The molecule has 3 rings (SSSR count). The molecule has 2 aromatic carbocycles. The van der Waals surface area contributed by atoms with Crippen molar-refractivity contribution in [2.45, 2.75) is 25.3 Å². The molecule has 2 aromatic rings. The number of aryl methyl sites for hydroxylation is 1. The van der Waals surface area contributed by atoms with Crippen LogP contribution in [0.15, 0.2) is 48.5 Å². The summed E-state index contributed by atoms with van der Waals surface area (Å²) in [5.74, 6) is -1.41. The molecule has 0 spiro atoms. The second kappa shape index (κ2) is 10.0. The van der Waals surface area contributed by atoms with E-state index in [-0.39, 0.29) is 23.7 Å². The minimum Gasteiger partial charge on any atom is -0.493 e. The number of rotatable bonds is 9. The number of esters is 1. The molecule has 174 valence electrons. The van der Waals surface area contributed by atoms with Crippen LogP contribution in [0, 0.1) is 0 Å². The maximum Gasteiger partial charge on any atom is 0.344 e. The van der Waals surface area contributed by atoms with Crippen LogP contribution in [0.1, 0.15) is 29.3 Å². The van der Waals surface area contributed by atoms with Crippen molar-refractivity contribution in [3.05, 3.63) is 59.7 Å². The third-order valence-electron chi connectivity index (χ3n) is 5.23. The molecule has 1 fully saturated rings. The van der Waals surface area contributed by atoms with Gasteiger partial charge in [0.05, 0.1) is 14.2 Å². The minimum atomic E-state index is -1.15. The van der Waals surface area contributed by atoms with E-state index in [9.17, 15) is 19.2 Å². The van der Waals surface area contributed by atoms with Crippen LogP contribution in [-0.4, -0.2) is 55.2 Å². The van der Waals surface area contributed by atoms with E-state index in [1.165, 1.54) is 32.4 Å². The van der Waals surface area contributed by atoms with Gasteiger partial charge in [-0.3, -0.25) is 15.0 Å². The number of benzene rings is 2. The van der Waals surface area contributed by atoms with Gasteiger partial charge in [0.2, 0.25) is 0 Å². The van der Waals surface area contributed by atoms with Gasteiger partial charge in [0.1, 0.15) is 5.54 Å². The van der Waals surface area contributed by atoms with Crippen molar-refractivity contribution >= 4 is 23.8 Å². The van der Waals surface area contributed by atoms with Crippen molar-refractivity contribution in [1.82, 2.24) is 15.8 Å². The van der Waals surface area contributed by atoms with Gasteiger partial charge in [0.25, 0.3) is 11.8 Å². The van der Waals surface area contributed by atoms with Gasteiger partial charge in [-0.1, -0.05) is 30.3 Å². The maximum absolute atomic E-state index is 12.9. The van der Waals surface area contributed by atoms with Gasteiger partial charge in [-0.2, -0.15) is 5.01 Å². The molecule has 1 saturated heterocycles. The topological polar surface area (TPSA) is 123 Å². The first-order chi connectivity index (χ1) is 15.8. The molecule has 10 nitrogen and oxygen atoms in total. The van der Waals surface area contributed by atoms with Crippen LogP contribution in [-0.2, 0) is 20.7 Å². The first-order valence-corrected chi connectivity index (χ1v) is 10.2. The number of carbonyl (C=O) groups is 4. The second-order valence-electron chi connectivity index (χ2n) is 7.56. The molecule has 0 radical (unpaired) electrons. The summed E-state index contributed by atoms with van der Waals surface area (Å²) in [6.45, 7) is 1.29. The fourth-order valence-electron chi connectivity index (χ4n) is 3.28. The van der Waals surface area contributed by atoms with E-state index in [1.807, 2.05) is 30.3 Å². The number of urea groups is 1. The minimum absolute atomic E-state index is 0.121. The van der Waals surface area contributed by atoms with Gasteiger partial charge < -0.3 is 19.5 Å². The number of hydrogen-bond donors (Lipinski definition) is 2. The Labute approximate surface area is 190 Å². The molecular formula is C23H25N3O7. The molecule has 10 heteroatoms. The highest BCUT2D eigenvalue weighted by Crippen LogP contribution is 2.28. The molecule has 4 amide bonds. The van der Waals surface area contributed by atoms with Crippen LogP contribution in [0.2, 0.25) is 0 Å². The Balaban J connectivity index is 1.67. The van der Waals surface area contributed by atoms with Gasteiger partial charge in [-0.25, -0.2) is 9.59 Å². The molecule has 1 unspecified atom stereocenters. The Kier molecular flexibility index (Phi) is 7.17. The molecule has 0 bridgehead atoms. The number of nitrogens with zero attached hydrogens (tertiary/aromatic N) is 1. The predicted octanol–water partition coefficient (Wildman–Crippen LogP) is 1.84. The van der Waals surface area contributed by atoms with Crippen LogP contribution in [0.4, 0.5) is 4.79 Å². The zero-order chi connectivity index (χ0) is 24.0. The highest BCUT2D eigenvalue weighted by molar-refractivity contribution is 6.09. The summed E-state index contributed by atoms with van der Waals surface area (Å²) in [5, 5.41) is 3.34. The lowest BCUT2D eigenvalue weighted by atomic mass is 9.93. The average molecular weight is 455 g/mol. The molecule has 0 saturated carbocycles. The zero-order valence-electron chi connectivity index (χ0n) is 18.5. The number of methoxy groups -OCH3 is 2. The first kappa shape index (κ1) is 23.6. The molecule has 0 aromatic heterocycles. The largest absolute Gasteiger partial charge is 0.493 e. The SMILES string of the molecule is COC(=O)COc1ccc(C(=O)NN2C(=O)NC(C)(CCc3ccccc3)C2=O)cc1OC. The fourth-order valence-corrected chi connectivity index (χ4v) is 3.28. The smallest absolute Gasteiger partial charge is 0.344 e. The molecule has 33 heavy (non-hydrogen) atoms. The predicted molar refractivity (Wildman–Crippen MR) is 117 cm³/mol. The van der Waals surface area contributed by atoms with E-state index in [0.717, 1.165) is 5.56 Å². The van der Waals surface area contributed by atoms with Crippen molar-refractivity contribution in [2.75, 3.05) is 20.8 Å². The van der Waals surface area contributed by atoms with Crippen LogP contribution in [0.3, 0.4) is 0 Å². The highest BCUT2D eigenvalue weighted by Gasteiger charge is 2.48. The molecule has 0 aliphatic carbocycles. The molecule has 1 aliphatic rings. The lowest BCUT2D eigenvalue weighted by molar-refractivity contribution is -0.143. The van der Waals surface area contributed by atoms with E-state index in [4.69, 9.17) is 9.47 Å². The van der Waals surface area contributed by atoms with Crippen molar-refractivity contribution < 1.29 is 33.4 Å². The van der Waals surface area contributed by atoms with Gasteiger partial charge >= 0.3 is 12.0 Å². The Hall–Kier alpha value is -4.08. The number of carbonyl (C=O) groups excluding carboxylic acids is 4. The summed E-state index contributed by atoms with van der Waals surface area (Å²) in [7, 11) is 2.61. The maximum atomic E-state index is 12.9. The summed E-state index contributed by atoms with van der Waals surface area (Å²) in [5.41, 5.74) is 2.34. The Morgan fingerprint density at radius 1 is 1.06 bits per heavy atom. The number of nitrogens with one attached hydrogen (secondary N) is 2. The third kappa shape index (κ3) is 5.40. The monoisotopic (exact) mass is 455 g/mol. The Bertz CT molecular complexity index is 1060. The van der Waals surface area contributed by atoms with Crippen LogP contribution >= 0.6 is 0 Å². The quantitative estimate of drug-likeness (QED) is 0.437. The lowest BCUT2D eigenvalue weighted by Gasteiger charge is -2.21. The van der Waals surface area contributed by atoms with E-state index in [0.29, 0.717) is 17.9 Å². The van der Waals surface area contributed by atoms with Gasteiger partial charge in [0, 0.05) is 5.56 Å². The fraction of sp³-hybridized carbons (Fsp3) is 0.304. The van der Waals surface area contributed by atoms with E-state index < -0.39 is 29.4 Å². The number of hydrazine groups is 1. The zero-order valence-corrected chi connectivity index (χ0v) is 18.5. The summed E-state index contributed by atoms with van der Waals surface area (Å²) >= 11 is 0. The van der Waals surface area contributed by atoms with Crippen molar-refractivity contribution in [1.29, 1.82) is 0 Å². The van der Waals surface area contributed by atoms with Crippen molar-refractivity contribution in [2.24, 2.45) is 0 Å². The van der Waals surface area contributed by atoms with Gasteiger partial charge in [-0.05, 0) is 43.5 Å². The molecule has 1 heterocycles. The standard InChI is InChI=1S/C23H25N3O7/c1-23(12-11-15-7-5-4-6-8-15)21(29)26(22(30)24-23)25-20(28)16-9-10-17(18(13-16)31-2)33-14-19(27)32-3/h4-10,13H,11-12,14H2,1-3H3,(H,24,30)(H,25,28). The third-order valence-corrected chi connectivity index (χ3v) is 5.23. The summed E-state index contributed by atoms with van der Waals surface area (Å²) in [6, 6.07) is 13.1. The van der Waals surface area contributed by atoms with Crippen LogP contribution < -0.4 is 20.2 Å². The van der Waals surface area contributed by atoms with Crippen LogP contribution in [0.25, 0.3) is 0 Å². The summed E-state index contributed by atoms with van der Waals surface area (Å²) in [6.07, 6.45) is 0.948. The molecular weight excluding hydrogens is 430 g/mol. The highest BCUT2D eigenvalue weighted by atomic mass is 16.6. The van der Waals surface area contributed by atoms with Gasteiger partial charge in [0.15, 0.2) is 18.1 Å². The van der Waals surface area contributed by atoms with E-state index in [1.54, 1.807) is 6.92 Å². The Morgan fingerprint density at radius 2 is 1.79 bits per heavy atom. The number of amides is 4. The molecule has 2 N–H and O–H groups in total. The normalized spacial score (nSPS) is 17.4. The lowest BCUT2D eigenvalue weighted by Crippen LogP contribution is -2.48. The van der Waals surface area contributed by atoms with E-state index in [2.05, 4.69) is 15.5 Å². The number of ether oxygens (including phenoxy) is 3. The molecule has 1 aliphatic heterocycles.